The first-order valence-corrected chi connectivity index (χ1v) is 12.8. The van der Waals surface area contributed by atoms with Gasteiger partial charge >= 0.3 is 0 Å². The summed E-state index contributed by atoms with van der Waals surface area (Å²) in [5.41, 5.74) is 8.09. The lowest BCUT2D eigenvalue weighted by Gasteiger charge is -2.35. The van der Waals surface area contributed by atoms with Gasteiger partial charge in [0.1, 0.15) is 0 Å². The summed E-state index contributed by atoms with van der Waals surface area (Å²) in [4.78, 5) is 6.08. The number of rotatable bonds is 2. The highest BCUT2D eigenvalue weighted by molar-refractivity contribution is 6.22. The van der Waals surface area contributed by atoms with E-state index in [1.165, 1.54) is 32.8 Å². The van der Waals surface area contributed by atoms with Crippen LogP contribution in [0.1, 0.15) is 12.8 Å². The number of H-pyrrole nitrogens is 1. The molecule has 6 aromatic rings. The van der Waals surface area contributed by atoms with Gasteiger partial charge in [-0.05, 0) is 65.6 Å². The zero-order chi connectivity index (χ0) is 24.3. The van der Waals surface area contributed by atoms with Gasteiger partial charge in [-0.2, -0.15) is 0 Å². The molecule has 0 radical (unpaired) electrons. The van der Waals surface area contributed by atoms with Gasteiger partial charge in [-0.3, -0.25) is 0 Å². The van der Waals surface area contributed by atoms with Crippen molar-refractivity contribution in [2.24, 2.45) is 0 Å². The highest BCUT2D eigenvalue weighted by Crippen LogP contribution is 2.50. The molecule has 3 nitrogen and oxygen atoms in total. The van der Waals surface area contributed by atoms with Gasteiger partial charge in [0.25, 0.3) is 0 Å². The number of nitrogens with zero attached hydrogens (tertiary/aromatic N) is 1. The maximum atomic E-state index is 6.49. The second-order valence-electron chi connectivity index (χ2n) is 9.77. The third-order valence-electron chi connectivity index (χ3n) is 7.64. The largest absolute Gasteiger partial charge is 0.453 e. The number of benzene rings is 5. The first kappa shape index (κ1) is 20.4. The first-order chi connectivity index (χ1) is 18.3. The van der Waals surface area contributed by atoms with Crippen molar-refractivity contribution in [2.75, 3.05) is 4.90 Å². The molecule has 1 N–H and O–H groups in total. The SMILES string of the molecule is C1=CCCC(N2c3ccccc3Oc3cc(-c4cccc5c4[nH]c4ccc6ccccc6c45)ccc32)=C1. The van der Waals surface area contributed by atoms with E-state index in [9.17, 15) is 0 Å². The molecule has 3 heteroatoms. The number of hydrogen-bond acceptors (Lipinski definition) is 2. The van der Waals surface area contributed by atoms with Crippen molar-refractivity contribution in [1.82, 2.24) is 4.98 Å². The molecule has 8 rings (SSSR count). The quantitative estimate of drug-likeness (QED) is 0.269. The van der Waals surface area contributed by atoms with E-state index in [1.54, 1.807) is 0 Å². The summed E-state index contributed by atoms with van der Waals surface area (Å²) in [5, 5.41) is 5.06. The third-order valence-corrected chi connectivity index (χ3v) is 7.64. The van der Waals surface area contributed by atoms with Crippen molar-refractivity contribution in [3.05, 3.63) is 121 Å². The van der Waals surface area contributed by atoms with Crippen LogP contribution in [-0.2, 0) is 0 Å². The van der Waals surface area contributed by atoms with Crippen molar-refractivity contribution in [3.8, 4) is 22.6 Å². The van der Waals surface area contributed by atoms with Gasteiger partial charge in [0.15, 0.2) is 11.5 Å². The van der Waals surface area contributed by atoms with Gasteiger partial charge < -0.3 is 14.6 Å². The zero-order valence-electron chi connectivity index (χ0n) is 20.2. The minimum Gasteiger partial charge on any atom is -0.453 e. The maximum Gasteiger partial charge on any atom is 0.152 e. The highest BCUT2D eigenvalue weighted by Gasteiger charge is 2.27. The number of fused-ring (bicyclic) bond motifs is 7. The second-order valence-corrected chi connectivity index (χ2v) is 9.77. The fraction of sp³-hybridized carbons (Fsp3) is 0.0588. The molecule has 0 saturated heterocycles. The van der Waals surface area contributed by atoms with Crippen LogP contribution in [0, 0.1) is 0 Å². The molecule has 0 spiro atoms. The van der Waals surface area contributed by atoms with Crippen LogP contribution < -0.4 is 9.64 Å². The highest BCUT2D eigenvalue weighted by atomic mass is 16.5. The third kappa shape index (κ3) is 3.07. The number of para-hydroxylation sites is 3. The number of aromatic nitrogens is 1. The molecule has 5 aromatic carbocycles. The average molecular weight is 477 g/mol. The molecule has 0 atom stereocenters. The fourth-order valence-electron chi connectivity index (χ4n) is 5.95. The lowest BCUT2D eigenvalue weighted by atomic mass is 9.98. The summed E-state index contributed by atoms with van der Waals surface area (Å²) in [6, 6.07) is 34.5. The standard InChI is InChI=1S/C34H24N2O/c1-2-10-24(11-3-1)36-29-15-6-7-16-31(29)37-32-21-23(18-20-30(32)36)26-13-8-14-27-33-25-12-5-4-9-22(25)17-19-28(33)35-34(26)27/h1-2,4-10,12-21,35H,3,11H2. The molecule has 1 aliphatic heterocycles. The molecular weight excluding hydrogens is 452 g/mol. The van der Waals surface area contributed by atoms with E-state index in [0.29, 0.717) is 0 Å². The zero-order valence-corrected chi connectivity index (χ0v) is 20.2. The summed E-state index contributed by atoms with van der Waals surface area (Å²) in [6.07, 6.45) is 8.67. The molecule has 0 saturated carbocycles. The van der Waals surface area contributed by atoms with Crippen molar-refractivity contribution in [2.45, 2.75) is 12.8 Å². The smallest absolute Gasteiger partial charge is 0.152 e. The van der Waals surface area contributed by atoms with Gasteiger partial charge in [-0.1, -0.05) is 78.9 Å². The molecule has 0 fully saturated rings. The summed E-state index contributed by atoms with van der Waals surface area (Å²) in [7, 11) is 0. The number of allylic oxidation sites excluding steroid dienone is 4. The van der Waals surface area contributed by atoms with Crippen LogP contribution in [-0.4, -0.2) is 4.98 Å². The summed E-state index contributed by atoms with van der Waals surface area (Å²) in [5.74, 6) is 1.77. The monoisotopic (exact) mass is 476 g/mol. The Morgan fingerprint density at radius 2 is 1.59 bits per heavy atom. The summed E-state index contributed by atoms with van der Waals surface area (Å²) in [6.45, 7) is 0. The van der Waals surface area contributed by atoms with E-state index in [1.807, 2.05) is 6.07 Å². The van der Waals surface area contributed by atoms with E-state index in [-0.39, 0.29) is 0 Å². The van der Waals surface area contributed by atoms with Crippen molar-refractivity contribution < 1.29 is 4.74 Å². The topological polar surface area (TPSA) is 28.3 Å². The Morgan fingerprint density at radius 1 is 0.730 bits per heavy atom. The normalized spacial score (nSPS) is 14.5. The number of aromatic amines is 1. The Kier molecular flexibility index (Phi) is 4.35. The van der Waals surface area contributed by atoms with E-state index < -0.39 is 0 Å². The minimum atomic E-state index is 0.880. The Morgan fingerprint density at radius 3 is 2.54 bits per heavy atom. The number of anilines is 2. The maximum absolute atomic E-state index is 6.49. The Labute approximate surface area is 214 Å². The molecule has 1 aromatic heterocycles. The van der Waals surface area contributed by atoms with Crippen LogP contribution >= 0.6 is 0 Å². The first-order valence-electron chi connectivity index (χ1n) is 12.8. The molecule has 0 bridgehead atoms. The van der Waals surface area contributed by atoms with Crippen LogP contribution in [0.2, 0.25) is 0 Å². The second kappa shape index (κ2) is 7.87. The lowest BCUT2D eigenvalue weighted by Crippen LogP contribution is -2.21. The van der Waals surface area contributed by atoms with Gasteiger partial charge in [0, 0.05) is 27.5 Å². The van der Waals surface area contributed by atoms with Gasteiger partial charge in [-0.15, -0.1) is 0 Å². The molecule has 2 heterocycles. The van der Waals surface area contributed by atoms with Gasteiger partial charge in [-0.25, -0.2) is 0 Å². The molecule has 37 heavy (non-hydrogen) atoms. The van der Waals surface area contributed by atoms with E-state index in [4.69, 9.17) is 4.74 Å². The van der Waals surface area contributed by atoms with E-state index in [2.05, 4.69) is 119 Å². The van der Waals surface area contributed by atoms with Crippen LogP contribution in [0.15, 0.2) is 121 Å². The fourth-order valence-corrected chi connectivity index (χ4v) is 5.95. The van der Waals surface area contributed by atoms with E-state index >= 15 is 0 Å². The van der Waals surface area contributed by atoms with Crippen LogP contribution in [0.4, 0.5) is 11.4 Å². The van der Waals surface area contributed by atoms with E-state index in [0.717, 1.165) is 52.3 Å². The van der Waals surface area contributed by atoms with Crippen molar-refractivity contribution in [1.29, 1.82) is 0 Å². The molecule has 1 aliphatic carbocycles. The molecule has 0 amide bonds. The summed E-state index contributed by atoms with van der Waals surface area (Å²) < 4.78 is 6.49. The summed E-state index contributed by atoms with van der Waals surface area (Å²) >= 11 is 0. The molecular formula is C34H24N2O. The predicted molar refractivity (Wildman–Crippen MR) is 154 cm³/mol. The number of hydrogen-bond donors (Lipinski definition) is 1. The number of ether oxygens (including phenoxy) is 1. The molecule has 2 aliphatic rings. The Hall–Kier alpha value is -4.76. The van der Waals surface area contributed by atoms with Gasteiger partial charge in [0.05, 0.1) is 16.9 Å². The number of nitrogens with one attached hydrogen (secondary N) is 1. The Bertz CT molecular complexity index is 1920. The lowest BCUT2D eigenvalue weighted by molar-refractivity contribution is 0.475. The minimum absolute atomic E-state index is 0.880. The van der Waals surface area contributed by atoms with Crippen molar-refractivity contribution in [3.63, 3.8) is 0 Å². The molecule has 0 unspecified atom stereocenters. The average Bonchev–Trinajstić information content (AvgIpc) is 3.35. The van der Waals surface area contributed by atoms with Crippen LogP contribution in [0.3, 0.4) is 0 Å². The Balaban J connectivity index is 1.32. The molecule has 176 valence electrons. The van der Waals surface area contributed by atoms with Crippen molar-refractivity contribution >= 4 is 44.0 Å². The van der Waals surface area contributed by atoms with Gasteiger partial charge in [0.2, 0.25) is 0 Å². The predicted octanol–water partition coefficient (Wildman–Crippen LogP) is 9.62. The van der Waals surface area contributed by atoms with Crippen LogP contribution in [0.5, 0.6) is 11.5 Å². The van der Waals surface area contributed by atoms with Crippen LogP contribution in [0.25, 0.3) is 43.7 Å².